The quantitative estimate of drug-likeness (QED) is 0.528. The maximum Gasteiger partial charge on any atom is 0.248 e. The Balaban J connectivity index is 1.18. The van der Waals surface area contributed by atoms with Gasteiger partial charge >= 0.3 is 0 Å². The van der Waals surface area contributed by atoms with E-state index in [0.29, 0.717) is 54.9 Å². The standard InChI is InChI=1S/C27H45N3O4/c1-16(2)33-14-6-12-29-26(31)17(3)34-18-9-10-23-22(15-18)20-11-13-28-24-19-7-4-5-8-21(19)27(32)30(23)25(20)24/h16-25,28H,4-15H2,1-3H3,(H,29,31)/t17-,18?,19?,20?,21?,22?,23?,24?,25?/m0/s1. The van der Waals surface area contributed by atoms with Gasteiger partial charge in [0.1, 0.15) is 6.10 Å². The molecule has 0 aromatic heterocycles. The third-order valence-corrected chi connectivity index (χ3v) is 9.40. The van der Waals surface area contributed by atoms with Crippen LogP contribution in [0.25, 0.3) is 0 Å². The van der Waals surface area contributed by atoms with Crippen LogP contribution in [0.2, 0.25) is 0 Å². The van der Waals surface area contributed by atoms with Gasteiger partial charge in [0.05, 0.1) is 18.2 Å². The van der Waals surface area contributed by atoms with Crippen molar-refractivity contribution in [2.75, 3.05) is 19.7 Å². The summed E-state index contributed by atoms with van der Waals surface area (Å²) in [5, 5.41) is 6.85. The average molecular weight is 476 g/mol. The molecule has 9 atom stereocenters. The van der Waals surface area contributed by atoms with E-state index in [1.807, 2.05) is 20.8 Å². The SMILES string of the molecule is CC(C)OCCCNC(=O)[C@H](C)OC1CCC2C(C1)C1CCNC3C4CCCCC4C(=O)N2C13. The molecular formula is C27H45N3O4. The number of carbonyl (C=O) groups is 2. The Morgan fingerprint density at radius 3 is 2.74 bits per heavy atom. The summed E-state index contributed by atoms with van der Waals surface area (Å²) in [4.78, 5) is 28.6. The van der Waals surface area contributed by atoms with E-state index in [1.165, 1.54) is 19.3 Å². The van der Waals surface area contributed by atoms with E-state index in [-0.39, 0.29) is 24.0 Å². The first-order chi connectivity index (χ1) is 16.5. The molecule has 3 aliphatic heterocycles. The highest BCUT2D eigenvalue weighted by Crippen LogP contribution is 2.54. The van der Waals surface area contributed by atoms with Gasteiger partial charge in [-0.05, 0) is 90.0 Å². The largest absolute Gasteiger partial charge is 0.379 e. The van der Waals surface area contributed by atoms with Crippen LogP contribution in [0, 0.1) is 23.7 Å². The average Bonchev–Trinajstić information content (AvgIpc) is 3.17. The molecule has 3 heterocycles. The van der Waals surface area contributed by atoms with E-state index >= 15 is 0 Å². The number of nitrogens with one attached hydrogen (secondary N) is 2. The predicted octanol–water partition coefficient (Wildman–Crippen LogP) is 2.87. The van der Waals surface area contributed by atoms with Gasteiger partial charge in [-0.1, -0.05) is 12.8 Å². The molecule has 2 aliphatic carbocycles. The summed E-state index contributed by atoms with van der Waals surface area (Å²) < 4.78 is 11.8. The van der Waals surface area contributed by atoms with E-state index in [0.717, 1.165) is 45.1 Å². The minimum Gasteiger partial charge on any atom is -0.379 e. The van der Waals surface area contributed by atoms with Gasteiger partial charge in [-0.15, -0.1) is 0 Å². The lowest BCUT2D eigenvalue weighted by molar-refractivity contribution is -0.152. The first-order valence-corrected chi connectivity index (χ1v) is 14.1. The number of amides is 2. The molecule has 3 saturated heterocycles. The van der Waals surface area contributed by atoms with Crippen molar-refractivity contribution in [1.82, 2.24) is 15.5 Å². The van der Waals surface area contributed by atoms with Gasteiger partial charge in [-0.2, -0.15) is 0 Å². The van der Waals surface area contributed by atoms with Crippen molar-refractivity contribution in [1.29, 1.82) is 0 Å². The second-order valence-corrected chi connectivity index (χ2v) is 11.7. The molecule has 2 N–H and O–H groups in total. The van der Waals surface area contributed by atoms with Gasteiger partial charge in [0.15, 0.2) is 0 Å². The maximum atomic E-state index is 13.7. The van der Waals surface area contributed by atoms with Crippen LogP contribution in [0.3, 0.4) is 0 Å². The van der Waals surface area contributed by atoms with Crippen LogP contribution in [0.5, 0.6) is 0 Å². The Labute approximate surface area is 205 Å². The van der Waals surface area contributed by atoms with Crippen LogP contribution in [0.15, 0.2) is 0 Å². The van der Waals surface area contributed by atoms with Crippen LogP contribution >= 0.6 is 0 Å². The van der Waals surface area contributed by atoms with E-state index in [9.17, 15) is 9.59 Å². The molecule has 34 heavy (non-hydrogen) atoms. The summed E-state index contributed by atoms with van der Waals surface area (Å²) in [7, 11) is 0. The molecule has 0 radical (unpaired) electrons. The van der Waals surface area contributed by atoms with Crippen LogP contribution in [-0.2, 0) is 19.1 Å². The lowest BCUT2D eigenvalue weighted by atomic mass is 9.66. The third kappa shape index (κ3) is 4.64. The summed E-state index contributed by atoms with van der Waals surface area (Å²) in [6.07, 6.45) is 9.56. The Hall–Kier alpha value is -1.18. The van der Waals surface area contributed by atoms with Gasteiger partial charge in [0, 0.05) is 31.2 Å². The number of ether oxygens (including phenoxy) is 2. The summed E-state index contributed by atoms with van der Waals surface area (Å²) in [6.45, 7) is 8.27. The molecular weight excluding hydrogens is 430 g/mol. The predicted molar refractivity (Wildman–Crippen MR) is 130 cm³/mol. The van der Waals surface area contributed by atoms with Crippen LogP contribution in [0.1, 0.15) is 78.6 Å². The smallest absolute Gasteiger partial charge is 0.248 e. The minimum atomic E-state index is -0.443. The Morgan fingerprint density at radius 1 is 1.09 bits per heavy atom. The molecule has 5 rings (SSSR count). The molecule has 192 valence electrons. The van der Waals surface area contributed by atoms with Crippen molar-refractivity contribution in [3.8, 4) is 0 Å². The molecule has 0 aromatic carbocycles. The number of hydrogen-bond donors (Lipinski definition) is 2. The summed E-state index contributed by atoms with van der Waals surface area (Å²) in [5.41, 5.74) is 0. The van der Waals surface area contributed by atoms with Crippen molar-refractivity contribution < 1.29 is 19.1 Å². The molecule has 5 aliphatic rings. The third-order valence-electron chi connectivity index (χ3n) is 9.40. The zero-order chi connectivity index (χ0) is 23.8. The van der Waals surface area contributed by atoms with Crippen LogP contribution in [-0.4, -0.2) is 72.8 Å². The first kappa shape index (κ1) is 24.5. The highest BCUT2D eigenvalue weighted by atomic mass is 16.5. The summed E-state index contributed by atoms with van der Waals surface area (Å²) >= 11 is 0. The summed E-state index contributed by atoms with van der Waals surface area (Å²) in [6, 6.07) is 1.23. The zero-order valence-electron chi connectivity index (χ0n) is 21.3. The monoisotopic (exact) mass is 475 g/mol. The van der Waals surface area contributed by atoms with Crippen molar-refractivity contribution in [2.24, 2.45) is 23.7 Å². The molecule has 0 spiro atoms. The minimum absolute atomic E-state index is 0.0308. The molecule has 0 aromatic rings. The molecule has 2 saturated carbocycles. The Morgan fingerprint density at radius 2 is 1.91 bits per heavy atom. The van der Waals surface area contributed by atoms with Crippen LogP contribution in [0.4, 0.5) is 0 Å². The lowest BCUT2D eigenvalue weighted by Gasteiger charge is -2.52. The molecule has 7 nitrogen and oxygen atoms in total. The normalized spacial score (nSPS) is 39.9. The number of nitrogens with zero attached hydrogens (tertiary/aromatic N) is 1. The second-order valence-electron chi connectivity index (χ2n) is 11.7. The zero-order valence-corrected chi connectivity index (χ0v) is 21.3. The maximum absolute atomic E-state index is 13.7. The van der Waals surface area contributed by atoms with Gasteiger partial charge < -0.3 is 25.0 Å². The number of piperidine rings is 2. The van der Waals surface area contributed by atoms with Gasteiger partial charge in [-0.3, -0.25) is 9.59 Å². The van der Waals surface area contributed by atoms with E-state index in [2.05, 4.69) is 15.5 Å². The molecule has 2 amide bonds. The molecule has 8 unspecified atom stereocenters. The highest BCUT2D eigenvalue weighted by Gasteiger charge is 2.61. The van der Waals surface area contributed by atoms with Gasteiger partial charge in [0.2, 0.25) is 11.8 Å². The van der Waals surface area contributed by atoms with E-state index < -0.39 is 6.10 Å². The molecule has 0 bridgehead atoms. The van der Waals surface area contributed by atoms with E-state index in [4.69, 9.17) is 9.47 Å². The molecule has 5 fully saturated rings. The first-order valence-electron chi connectivity index (χ1n) is 14.1. The topological polar surface area (TPSA) is 79.9 Å². The summed E-state index contributed by atoms with van der Waals surface area (Å²) in [5.74, 6) is 2.30. The van der Waals surface area contributed by atoms with Gasteiger partial charge in [-0.25, -0.2) is 0 Å². The number of carbonyl (C=O) groups excluding carboxylic acids is 2. The number of hydrogen-bond acceptors (Lipinski definition) is 5. The van der Waals surface area contributed by atoms with Gasteiger partial charge in [0.25, 0.3) is 0 Å². The second kappa shape index (κ2) is 10.4. The lowest BCUT2D eigenvalue weighted by Crippen LogP contribution is -2.66. The fourth-order valence-corrected chi connectivity index (χ4v) is 8.02. The van der Waals surface area contributed by atoms with Crippen molar-refractivity contribution in [3.63, 3.8) is 0 Å². The van der Waals surface area contributed by atoms with Crippen molar-refractivity contribution >= 4 is 11.8 Å². The van der Waals surface area contributed by atoms with Crippen LogP contribution < -0.4 is 10.6 Å². The fraction of sp³-hybridized carbons (Fsp3) is 0.926. The highest BCUT2D eigenvalue weighted by molar-refractivity contribution is 5.82. The van der Waals surface area contributed by atoms with Crippen molar-refractivity contribution in [3.05, 3.63) is 0 Å². The van der Waals surface area contributed by atoms with Crippen molar-refractivity contribution in [2.45, 2.75) is 115 Å². The number of rotatable bonds is 8. The number of fused-ring (bicyclic) bond motifs is 5. The molecule has 7 heteroatoms. The fourth-order valence-electron chi connectivity index (χ4n) is 8.02. The Bertz CT molecular complexity index is 745. The van der Waals surface area contributed by atoms with E-state index in [1.54, 1.807) is 0 Å². The Kier molecular flexibility index (Phi) is 7.52.